The molecule has 2 unspecified atom stereocenters. The molecule has 0 saturated carbocycles. The SMILES string of the molecule is COC1CCN(c2ccnc(C)n2)C(CN)C1. The first kappa shape index (κ1) is 12.3. The molecule has 94 valence electrons. The van der Waals surface area contributed by atoms with Gasteiger partial charge in [0.25, 0.3) is 0 Å². The van der Waals surface area contributed by atoms with E-state index in [9.17, 15) is 0 Å². The molecule has 2 rings (SSSR count). The van der Waals surface area contributed by atoms with E-state index in [2.05, 4.69) is 14.9 Å². The lowest BCUT2D eigenvalue weighted by molar-refractivity contribution is 0.0708. The smallest absolute Gasteiger partial charge is 0.132 e. The number of aryl methyl sites for hydroxylation is 1. The van der Waals surface area contributed by atoms with Gasteiger partial charge in [0, 0.05) is 32.4 Å². The minimum atomic E-state index is 0.308. The summed E-state index contributed by atoms with van der Waals surface area (Å²) in [5.41, 5.74) is 5.85. The molecule has 0 amide bonds. The quantitative estimate of drug-likeness (QED) is 0.838. The molecule has 0 bridgehead atoms. The summed E-state index contributed by atoms with van der Waals surface area (Å²) in [4.78, 5) is 10.9. The second-order valence-electron chi connectivity index (χ2n) is 4.43. The summed E-state index contributed by atoms with van der Waals surface area (Å²) in [6.45, 7) is 3.47. The fraction of sp³-hybridized carbons (Fsp3) is 0.667. The number of ether oxygens (including phenoxy) is 1. The lowest BCUT2D eigenvalue weighted by Crippen LogP contribution is -2.49. The molecule has 17 heavy (non-hydrogen) atoms. The Kier molecular flexibility index (Phi) is 3.91. The number of piperidine rings is 1. The van der Waals surface area contributed by atoms with Gasteiger partial charge in [0.2, 0.25) is 0 Å². The topological polar surface area (TPSA) is 64.3 Å². The molecular weight excluding hydrogens is 216 g/mol. The lowest BCUT2D eigenvalue weighted by atomic mass is 9.99. The van der Waals surface area contributed by atoms with Crippen LogP contribution in [-0.2, 0) is 4.74 Å². The predicted molar refractivity (Wildman–Crippen MR) is 67.0 cm³/mol. The maximum atomic E-state index is 5.85. The van der Waals surface area contributed by atoms with Crippen molar-refractivity contribution in [1.29, 1.82) is 0 Å². The highest BCUT2D eigenvalue weighted by atomic mass is 16.5. The average Bonchev–Trinajstić information content (AvgIpc) is 2.38. The van der Waals surface area contributed by atoms with Crippen LogP contribution in [0.5, 0.6) is 0 Å². The van der Waals surface area contributed by atoms with E-state index in [0.29, 0.717) is 18.7 Å². The molecule has 0 aromatic carbocycles. The summed E-state index contributed by atoms with van der Waals surface area (Å²) in [5, 5.41) is 0. The first-order valence-electron chi connectivity index (χ1n) is 6.03. The van der Waals surface area contributed by atoms with Crippen LogP contribution in [0, 0.1) is 6.92 Å². The summed E-state index contributed by atoms with van der Waals surface area (Å²) >= 11 is 0. The monoisotopic (exact) mass is 236 g/mol. The van der Waals surface area contributed by atoms with Crippen LogP contribution in [-0.4, -0.2) is 42.3 Å². The molecule has 5 heteroatoms. The summed E-state index contributed by atoms with van der Waals surface area (Å²) in [7, 11) is 1.77. The molecule has 2 heterocycles. The van der Waals surface area contributed by atoms with Gasteiger partial charge in [-0.2, -0.15) is 0 Å². The predicted octanol–water partition coefficient (Wildman–Crippen LogP) is 0.728. The van der Waals surface area contributed by atoms with Gasteiger partial charge in [-0.1, -0.05) is 0 Å². The van der Waals surface area contributed by atoms with E-state index in [1.54, 1.807) is 13.3 Å². The fourth-order valence-corrected chi connectivity index (χ4v) is 2.36. The van der Waals surface area contributed by atoms with E-state index in [-0.39, 0.29) is 0 Å². The van der Waals surface area contributed by atoms with Crippen molar-refractivity contribution in [2.75, 3.05) is 25.1 Å². The highest BCUT2D eigenvalue weighted by molar-refractivity contribution is 5.39. The first-order chi connectivity index (χ1) is 8.24. The minimum Gasteiger partial charge on any atom is -0.381 e. The maximum Gasteiger partial charge on any atom is 0.132 e. The number of hydrogen-bond donors (Lipinski definition) is 1. The van der Waals surface area contributed by atoms with Gasteiger partial charge >= 0.3 is 0 Å². The van der Waals surface area contributed by atoms with Crippen molar-refractivity contribution in [3.8, 4) is 0 Å². The van der Waals surface area contributed by atoms with E-state index in [1.165, 1.54) is 0 Å². The van der Waals surface area contributed by atoms with Crippen molar-refractivity contribution in [3.63, 3.8) is 0 Å². The van der Waals surface area contributed by atoms with Crippen molar-refractivity contribution < 1.29 is 4.74 Å². The van der Waals surface area contributed by atoms with Gasteiger partial charge in [-0.05, 0) is 25.8 Å². The Hall–Kier alpha value is -1.20. The maximum absolute atomic E-state index is 5.85. The van der Waals surface area contributed by atoms with Gasteiger partial charge < -0.3 is 15.4 Å². The summed E-state index contributed by atoms with van der Waals surface area (Å²) in [5.74, 6) is 1.77. The molecule has 5 nitrogen and oxygen atoms in total. The van der Waals surface area contributed by atoms with Gasteiger partial charge in [-0.25, -0.2) is 9.97 Å². The zero-order valence-electron chi connectivity index (χ0n) is 10.5. The molecule has 1 aliphatic rings. The van der Waals surface area contributed by atoms with Crippen LogP contribution in [0.3, 0.4) is 0 Å². The standard InChI is InChI=1S/C12H20N4O/c1-9-14-5-3-12(15-9)16-6-4-11(17-2)7-10(16)8-13/h3,5,10-11H,4,6-8,13H2,1-2H3. The molecule has 2 N–H and O–H groups in total. The van der Waals surface area contributed by atoms with Crippen LogP contribution in [0.2, 0.25) is 0 Å². The van der Waals surface area contributed by atoms with Gasteiger partial charge in [0.1, 0.15) is 11.6 Å². The summed E-state index contributed by atoms with van der Waals surface area (Å²) in [6, 6.07) is 2.26. The fourth-order valence-electron chi connectivity index (χ4n) is 2.36. The van der Waals surface area contributed by atoms with Gasteiger partial charge in [0.15, 0.2) is 0 Å². The number of nitrogens with zero attached hydrogens (tertiary/aromatic N) is 3. The molecule has 1 saturated heterocycles. The molecule has 0 aliphatic carbocycles. The zero-order chi connectivity index (χ0) is 12.3. The van der Waals surface area contributed by atoms with E-state index in [0.717, 1.165) is 31.0 Å². The average molecular weight is 236 g/mol. The normalized spacial score (nSPS) is 25.0. The molecule has 1 fully saturated rings. The van der Waals surface area contributed by atoms with E-state index in [4.69, 9.17) is 10.5 Å². The number of hydrogen-bond acceptors (Lipinski definition) is 5. The van der Waals surface area contributed by atoms with Gasteiger partial charge in [-0.15, -0.1) is 0 Å². The van der Waals surface area contributed by atoms with Crippen molar-refractivity contribution in [2.45, 2.75) is 31.9 Å². The van der Waals surface area contributed by atoms with E-state index < -0.39 is 0 Å². The largest absolute Gasteiger partial charge is 0.381 e. The van der Waals surface area contributed by atoms with Crippen LogP contribution in [0.25, 0.3) is 0 Å². The third-order valence-electron chi connectivity index (χ3n) is 3.33. The Morgan fingerprint density at radius 2 is 2.41 bits per heavy atom. The third-order valence-corrected chi connectivity index (χ3v) is 3.33. The molecule has 0 radical (unpaired) electrons. The van der Waals surface area contributed by atoms with Crippen LogP contribution in [0.15, 0.2) is 12.3 Å². The second-order valence-corrected chi connectivity index (χ2v) is 4.43. The number of anilines is 1. The van der Waals surface area contributed by atoms with Crippen molar-refractivity contribution in [2.24, 2.45) is 5.73 Å². The number of methoxy groups -OCH3 is 1. The van der Waals surface area contributed by atoms with Crippen LogP contribution in [0.1, 0.15) is 18.7 Å². The molecule has 1 aromatic rings. The third kappa shape index (κ3) is 2.73. The molecule has 1 aliphatic heterocycles. The Morgan fingerprint density at radius 1 is 1.59 bits per heavy atom. The van der Waals surface area contributed by atoms with Crippen molar-refractivity contribution in [3.05, 3.63) is 18.1 Å². The van der Waals surface area contributed by atoms with Gasteiger partial charge in [0.05, 0.1) is 6.10 Å². The zero-order valence-corrected chi connectivity index (χ0v) is 10.5. The highest BCUT2D eigenvalue weighted by Gasteiger charge is 2.28. The number of aromatic nitrogens is 2. The van der Waals surface area contributed by atoms with E-state index >= 15 is 0 Å². The molecular formula is C12H20N4O. The molecule has 2 atom stereocenters. The van der Waals surface area contributed by atoms with Crippen LogP contribution < -0.4 is 10.6 Å². The van der Waals surface area contributed by atoms with Crippen LogP contribution in [0.4, 0.5) is 5.82 Å². The van der Waals surface area contributed by atoms with Crippen molar-refractivity contribution in [1.82, 2.24) is 9.97 Å². The number of rotatable bonds is 3. The number of nitrogens with two attached hydrogens (primary N) is 1. The highest BCUT2D eigenvalue weighted by Crippen LogP contribution is 2.23. The Balaban J connectivity index is 2.15. The Morgan fingerprint density at radius 3 is 3.06 bits per heavy atom. The van der Waals surface area contributed by atoms with E-state index in [1.807, 2.05) is 13.0 Å². The Bertz CT molecular complexity index is 371. The van der Waals surface area contributed by atoms with Crippen molar-refractivity contribution >= 4 is 5.82 Å². The summed E-state index contributed by atoms with van der Waals surface area (Å²) in [6.07, 6.45) is 4.11. The summed E-state index contributed by atoms with van der Waals surface area (Å²) < 4.78 is 5.42. The van der Waals surface area contributed by atoms with Gasteiger partial charge in [-0.3, -0.25) is 0 Å². The Labute approximate surface area is 102 Å². The second kappa shape index (κ2) is 5.42. The molecule has 1 aromatic heterocycles. The lowest BCUT2D eigenvalue weighted by Gasteiger charge is -2.39. The molecule has 0 spiro atoms. The van der Waals surface area contributed by atoms with Crippen LogP contribution >= 0.6 is 0 Å². The first-order valence-corrected chi connectivity index (χ1v) is 6.03. The minimum absolute atomic E-state index is 0.308.